The number of sulfonamides is 1. The number of nitrogens with zero attached hydrogens (tertiary/aromatic N) is 2. The highest BCUT2D eigenvalue weighted by molar-refractivity contribution is 7.92. The van der Waals surface area contributed by atoms with Crippen molar-refractivity contribution in [3.8, 4) is 11.5 Å². The van der Waals surface area contributed by atoms with E-state index in [4.69, 9.17) is 9.47 Å². The average molecular weight is 612 g/mol. The molecular formula is C32H38FN3O6S. The Morgan fingerprint density at radius 3 is 2.30 bits per heavy atom. The molecule has 9 nitrogen and oxygen atoms in total. The summed E-state index contributed by atoms with van der Waals surface area (Å²) in [4.78, 5) is 28.9. The fourth-order valence-electron chi connectivity index (χ4n) is 4.82. The summed E-state index contributed by atoms with van der Waals surface area (Å²) < 4.78 is 54.2. The molecule has 4 rings (SSSR count). The lowest BCUT2D eigenvalue weighted by atomic mass is 10.1. The minimum absolute atomic E-state index is 0.0915. The second-order valence-corrected chi connectivity index (χ2v) is 12.4. The molecule has 3 aromatic carbocycles. The maximum Gasteiger partial charge on any atom is 0.264 e. The summed E-state index contributed by atoms with van der Waals surface area (Å²) in [6, 6.07) is 15.7. The molecule has 1 aliphatic rings. The van der Waals surface area contributed by atoms with Gasteiger partial charge in [-0.25, -0.2) is 12.8 Å². The smallest absolute Gasteiger partial charge is 0.264 e. The molecule has 0 aliphatic carbocycles. The number of nitrogens with one attached hydrogen (secondary N) is 1. The van der Waals surface area contributed by atoms with Crippen LogP contribution in [0.4, 0.5) is 10.1 Å². The van der Waals surface area contributed by atoms with Crippen LogP contribution in [-0.4, -0.2) is 57.0 Å². The highest BCUT2D eigenvalue weighted by Gasteiger charge is 2.34. The van der Waals surface area contributed by atoms with E-state index in [-0.39, 0.29) is 41.4 Å². The molecule has 0 saturated heterocycles. The van der Waals surface area contributed by atoms with Crippen molar-refractivity contribution in [3.63, 3.8) is 0 Å². The van der Waals surface area contributed by atoms with E-state index in [1.807, 2.05) is 45.0 Å². The van der Waals surface area contributed by atoms with Crippen molar-refractivity contribution in [1.82, 2.24) is 10.2 Å². The highest BCUT2D eigenvalue weighted by Crippen LogP contribution is 2.34. The van der Waals surface area contributed by atoms with Gasteiger partial charge < -0.3 is 19.7 Å². The molecule has 0 saturated carbocycles. The molecule has 230 valence electrons. The lowest BCUT2D eigenvalue weighted by Gasteiger charge is -2.34. The van der Waals surface area contributed by atoms with E-state index < -0.39 is 34.3 Å². The fourth-order valence-corrected chi connectivity index (χ4v) is 6.25. The Labute approximate surface area is 252 Å². The van der Waals surface area contributed by atoms with Gasteiger partial charge >= 0.3 is 0 Å². The van der Waals surface area contributed by atoms with E-state index in [2.05, 4.69) is 5.32 Å². The lowest BCUT2D eigenvalue weighted by Crippen LogP contribution is -2.53. The van der Waals surface area contributed by atoms with Crippen LogP contribution in [0.5, 0.6) is 11.5 Å². The number of anilines is 1. The van der Waals surface area contributed by atoms with Gasteiger partial charge in [0, 0.05) is 18.7 Å². The number of amides is 2. The second-order valence-electron chi connectivity index (χ2n) is 10.5. The lowest BCUT2D eigenvalue weighted by molar-refractivity contribution is -0.140. The second kappa shape index (κ2) is 13.9. The number of fused-ring (bicyclic) bond motifs is 1. The number of carbonyl (C=O) groups is 2. The summed E-state index contributed by atoms with van der Waals surface area (Å²) in [7, 11) is -4.36. The Kier molecular flexibility index (Phi) is 10.3. The third-order valence-corrected chi connectivity index (χ3v) is 9.09. The molecule has 11 heteroatoms. The molecule has 0 fully saturated rings. The number of halogens is 1. The molecule has 2 unspecified atom stereocenters. The number of carbonyl (C=O) groups excluding carboxylic acids is 2. The van der Waals surface area contributed by atoms with Crippen molar-refractivity contribution >= 4 is 27.5 Å². The molecule has 2 atom stereocenters. The molecule has 0 radical (unpaired) electrons. The van der Waals surface area contributed by atoms with Crippen LogP contribution in [-0.2, 0) is 26.2 Å². The van der Waals surface area contributed by atoms with E-state index in [1.165, 1.54) is 35.2 Å². The van der Waals surface area contributed by atoms with E-state index in [0.29, 0.717) is 25.2 Å². The number of aryl methyl sites for hydroxylation is 1. The average Bonchev–Trinajstić information content (AvgIpc) is 2.99. The summed E-state index contributed by atoms with van der Waals surface area (Å²) in [5, 5.41) is 2.96. The zero-order valence-electron chi connectivity index (χ0n) is 24.9. The van der Waals surface area contributed by atoms with Gasteiger partial charge in [0.25, 0.3) is 10.0 Å². The third-order valence-electron chi connectivity index (χ3n) is 7.32. The molecule has 43 heavy (non-hydrogen) atoms. The van der Waals surface area contributed by atoms with E-state index in [0.717, 1.165) is 27.6 Å². The van der Waals surface area contributed by atoms with Crippen molar-refractivity contribution in [2.45, 2.75) is 64.1 Å². The SMILES string of the molecule is CCC(C)NC(=O)C(CC)N(Cc1cccc(C)c1)C(=O)CN(c1ccc(F)cc1)S(=O)(=O)c1ccc2c(c1)OCCO2. The van der Waals surface area contributed by atoms with Gasteiger partial charge in [0.2, 0.25) is 11.8 Å². The topological polar surface area (TPSA) is 105 Å². The number of benzene rings is 3. The Hall–Kier alpha value is -4.12. The highest BCUT2D eigenvalue weighted by atomic mass is 32.2. The zero-order chi connectivity index (χ0) is 31.1. The standard InChI is InChI=1S/C32H38FN3O6S/c1-5-23(4)34-32(38)28(6-2)35(20-24-9-7-8-22(3)18-24)31(37)21-36(26-12-10-25(33)11-13-26)43(39,40)27-14-15-29-30(19-27)42-17-16-41-29/h7-15,18-19,23,28H,5-6,16-17,20-21H2,1-4H3,(H,34,38). The summed E-state index contributed by atoms with van der Waals surface area (Å²) >= 11 is 0. The van der Waals surface area contributed by atoms with Crippen molar-refractivity contribution in [3.05, 3.63) is 83.7 Å². The van der Waals surface area contributed by atoms with E-state index in [9.17, 15) is 22.4 Å². The molecule has 3 aromatic rings. The molecule has 0 aromatic heterocycles. The van der Waals surface area contributed by atoms with Crippen LogP contribution in [0.2, 0.25) is 0 Å². The molecule has 0 spiro atoms. The predicted octanol–water partition coefficient (Wildman–Crippen LogP) is 4.82. The summed E-state index contributed by atoms with van der Waals surface area (Å²) in [5.74, 6) is -0.775. The van der Waals surface area contributed by atoms with Crippen molar-refractivity contribution in [2.75, 3.05) is 24.1 Å². The molecule has 1 heterocycles. The van der Waals surface area contributed by atoms with Crippen molar-refractivity contribution in [1.29, 1.82) is 0 Å². The van der Waals surface area contributed by atoms with Crippen LogP contribution < -0.4 is 19.1 Å². The van der Waals surface area contributed by atoms with Crippen molar-refractivity contribution in [2.24, 2.45) is 0 Å². The van der Waals surface area contributed by atoms with Gasteiger partial charge in [0.15, 0.2) is 11.5 Å². The molecule has 1 aliphatic heterocycles. The first kappa shape index (κ1) is 31.8. The molecule has 2 amide bonds. The van der Waals surface area contributed by atoms with Crippen LogP contribution in [0, 0.1) is 12.7 Å². The number of hydrogen-bond acceptors (Lipinski definition) is 6. The quantitative estimate of drug-likeness (QED) is 0.315. The van der Waals surface area contributed by atoms with Gasteiger partial charge in [0.05, 0.1) is 10.6 Å². The number of hydrogen-bond donors (Lipinski definition) is 1. The van der Waals surface area contributed by atoms with Crippen LogP contribution in [0.3, 0.4) is 0 Å². The van der Waals surface area contributed by atoms with E-state index in [1.54, 1.807) is 6.92 Å². The normalized spacial score (nSPS) is 14.0. The zero-order valence-corrected chi connectivity index (χ0v) is 25.7. The Balaban J connectivity index is 1.74. The predicted molar refractivity (Wildman–Crippen MR) is 162 cm³/mol. The maximum atomic E-state index is 14.2. The summed E-state index contributed by atoms with van der Waals surface area (Å²) in [5.41, 5.74) is 1.87. The van der Waals surface area contributed by atoms with E-state index >= 15 is 0 Å². The summed E-state index contributed by atoms with van der Waals surface area (Å²) in [6.07, 6.45) is 1.02. The van der Waals surface area contributed by atoms with Crippen LogP contribution in [0.15, 0.2) is 71.6 Å². The van der Waals surface area contributed by atoms with Gasteiger partial charge in [-0.3, -0.25) is 13.9 Å². The maximum absolute atomic E-state index is 14.2. The van der Waals surface area contributed by atoms with Crippen LogP contribution >= 0.6 is 0 Å². The Bertz CT molecular complexity index is 1550. The first-order valence-electron chi connectivity index (χ1n) is 14.4. The summed E-state index contributed by atoms with van der Waals surface area (Å²) in [6.45, 7) is 7.64. The Morgan fingerprint density at radius 1 is 0.953 bits per heavy atom. The largest absolute Gasteiger partial charge is 0.486 e. The van der Waals surface area contributed by atoms with Crippen LogP contribution in [0.25, 0.3) is 0 Å². The van der Waals surface area contributed by atoms with Gasteiger partial charge in [-0.15, -0.1) is 0 Å². The van der Waals surface area contributed by atoms with Crippen LogP contribution in [0.1, 0.15) is 44.7 Å². The van der Waals surface area contributed by atoms with Crippen molar-refractivity contribution < 1.29 is 31.9 Å². The van der Waals surface area contributed by atoms with Gasteiger partial charge in [-0.1, -0.05) is 43.7 Å². The first-order chi connectivity index (χ1) is 20.5. The molecule has 0 bridgehead atoms. The fraction of sp³-hybridized carbons (Fsp3) is 0.375. The van der Waals surface area contributed by atoms with Gasteiger partial charge in [-0.2, -0.15) is 0 Å². The minimum atomic E-state index is -4.36. The van der Waals surface area contributed by atoms with Gasteiger partial charge in [-0.05, 0) is 68.7 Å². The number of ether oxygens (including phenoxy) is 2. The number of rotatable bonds is 12. The molecular weight excluding hydrogens is 573 g/mol. The monoisotopic (exact) mass is 611 g/mol. The minimum Gasteiger partial charge on any atom is -0.486 e. The van der Waals surface area contributed by atoms with Gasteiger partial charge in [0.1, 0.15) is 31.6 Å². The Morgan fingerprint density at radius 2 is 1.65 bits per heavy atom. The third kappa shape index (κ3) is 7.64. The molecule has 1 N–H and O–H groups in total. The first-order valence-corrected chi connectivity index (χ1v) is 15.8.